The SMILES string of the molecule is CCN(c1ncc(F)cc1F)C1CC2CCC(C1)N2. The molecule has 104 valence electrons. The van der Waals surface area contributed by atoms with Crippen molar-refractivity contribution in [2.45, 2.75) is 50.7 Å². The molecule has 2 atom stereocenters. The van der Waals surface area contributed by atoms with Crippen LogP contribution in [0.3, 0.4) is 0 Å². The number of halogens is 2. The van der Waals surface area contributed by atoms with Crippen LogP contribution in [0.4, 0.5) is 14.6 Å². The van der Waals surface area contributed by atoms with Crippen LogP contribution in [-0.2, 0) is 0 Å². The lowest BCUT2D eigenvalue weighted by atomic mass is 9.98. The van der Waals surface area contributed by atoms with Gasteiger partial charge in [-0.25, -0.2) is 13.8 Å². The first-order valence-corrected chi connectivity index (χ1v) is 7.01. The Hall–Kier alpha value is -1.23. The zero-order valence-electron chi connectivity index (χ0n) is 11.1. The first-order chi connectivity index (χ1) is 9.17. The van der Waals surface area contributed by atoms with Crippen LogP contribution in [0, 0.1) is 11.6 Å². The Balaban J connectivity index is 1.83. The van der Waals surface area contributed by atoms with E-state index in [2.05, 4.69) is 10.3 Å². The summed E-state index contributed by atoms with van der Waals surface area (Å²) in [5.74, 6) is -0.898. The number of hydrogen-bond donors (Lipinski definition) is 1. The zero-order valence-corrected chi connectivity index (χ0v) is 11.1. The maximum absolute atomic E-state index is 13.9. The summed E-state index contributed by atoms with van der Waals surface area (Å²) in [6.45, 7) is 2.69. The van der Waals surface area contributed by atoms with Gasteiger partial charge in [-0.05, 0) is 32.6 Å². The van der Waals surface area contributed by atoms with E-state index in [1.54, 1.807) is 0 Å². The number of pyridine rings is 1. The normalized spacial score (nSPS) is 29.5. The van der Waals surface area contributed by atoms with Gasteiger partial charge in [0.2, 0.25) is 0 Å². The number of fused-ring (bicyclic) bond motifs is 2. The predicted molar refractivity (Wildman–Crippen MR) is 70.1 cm³/mol. The molecule has 1 aromatic rings. The molecule has 0 radical (unpaired) electrons. The fourth-order valence-electron chi connectivity index (χ4n) is 3.48. The van der Waals surface area contributed by atoms with E-state index in [1.807, 2.05) is 11.8 Å². The highest BCUT2D eigenvalue weighted by molar-refractivity contribution is 5.41. The van der Waals surface area contributed by atoms with Crippen LogP contribution in [0.15, 0.2) is 12.3 Å². The van der Waals surface area contributed by atoms with E-state index < -0.39 is 11.6 Å². The molecule has 0 saturated carbocycles. The van der Waals surface area contributed by atoms with E-state index in [4.69, 9.17) is 0 Å². The van der Waals surface area contributed by atoms with Gasteiger partial charge in [0, 0.05) is 30.7 Å². The molecule has 2 aliphatic heterocycles. The fraction of sp³-hybridized carbons (Fsp3) is 0.643. The van der Waals surface area contributed by atoms with Crippen molar-refractivity contribution in [1.29, 1.82) is 0 Å². The lowest BCUT2D eigenvalue weighted by Gasteiger charge is -2.38. The topological polar surface area (TPSA) is 28.2 Å². The number of anilines is 1. The number of hydrogen-bond acceptors (Lipinski definition) is 3. The number of nitrogens with zero attached hydrogens (tertiary/aromatic N) is 2. The first kappa shape index (κ1) is 12.8. The molecule has 2 aliphatic rings. The van der Waals surface area contributed by atoms with Gasteiger partial charge in [-0.2, -0.15) is 0 Å². The second kappa shape index (κ2) is 5.04. The van der Waals surface area contributed by atoms with Gasteiger partial charge in [0.25, 0.3) is 0 Å². The quantitative estimate of drug-likeness (QED) is 0.912. The van der Waals surface area contributed by atoms with Crippen molar-refractivity contribution in [2.75, 3.05) is 11.4 Å². The first-order valence-electron chi connectivity index (χ1n) is 7.01. The van der Waals surface area contributed by atoms with Gasteiger partial charge in [0.05, 0.1) is 6.20 Å². The second-order valence-electron chi connectivity index (χ2n) is 5.51. The largest absolute Gasteiger partial charge is 0.351 e. The zero-order chi connectivity index (χ0) is 13.4. The average molecular weight is 267 g/mol. The van der Waals surface area contributed by atoms with E-state index in [1.165, 1.54) is 12.8 Å². The molecule has 19 heavy (non-hydrogen) atoms. The Kier molecular flexibility index (Phi) is 3.39. The van der Waals surface area contributed by atoms with Gasteiger partial charge in [-0.15, -0.1) is 0 Å². The van der Waals surface area contributed by atoms with Crippen LogP contribution in [0.25, 0.3) is 0 Å². The van der Waals surface area contributed by atoms with Crippen molar-refractivity contribution < 1.29 is 8.78 Å². The molecular formula is C14H19F2N3. The molecule has 3 nitrogen and oxygen atoms in total. The molecular weight excluding hydrogens is 248 g/mol. The van der Waals surface area contributed by atoms with E-state index in [0.29, 0.717) is 24.7 Å². The molecule has 0 aromatic carbocycles. The van der Waals surface area contributed by atoms with Crippen molar-refractivity contribution in [3.05, 3.63) is 23.9 Å². The fourth-order valence-corrected chi connectivity index (χ4v) is 3.48. The number of piperidine rings is 1. The third-order valence-electron chi connectivity index (χ3n) is 4.29. The Morgan fingerprint density at radius 1 is 1.32 bits per heavy atom. The third kappa shape index (κ3) is 2.43. The Morgan fingerprint density at radius 2 is 2.00 bits per heavy atom. The van der Waals surface area contributed by atoms with Gasteiger partial charge < -0.3 is 10.2 Å². The molecule has 0 amide bonds. The van der Waals surface area contributed by atoms with Crippen LogP contribution < -0.4 is 10.2 Å². The van der Waals surface area contributed by atoms with Crippen LogP contribution in [0.1, 0.15) is 32.6 Å². The highest BCUT2D eigenvalue weighted by Crippen LogP contribution is 2.32. The number of aromatic nitrogens is 1. The molecule has 2 unspecified atom stereocenters. The van der Waals surface area contributed by atoms with Crippen LogP contribution in [-0.4, -0.2) is 29.7 Å². The van der Waals surface area contributed by atoms with Gasteiger partial charge in [-0.1, -0.05) is 0 Å². The molecule has 2 saturated heterocycles. The maximum Gasteiger partial charge on any atom is 0.168 e. The van der Waals surface area contributed by atoms with Gasteiger partial charge >= 0.3 is 0 Å². The molecule has 1 aromatic heterocycles. The molecule has 3 rings (SSSR count). The van der Waals surface area contributed by atoms with Crippen LogP contribution in [0.5, 0.6) is 0 Å². The van der Waals surface area contributed by atoms with Crippen molar-refractivity contribution >= 4 is 5.82 Å². The molecule has 1 N–H and O–H groups in total. The Bertz CT molecular complexity index is 454. The maximum atomic E-state index is 13.9. The summed E-state index contributed by atoms with van der Waals surface area (Å²) in [6, 6.07) is 2.31. The minimum absolute atomic E-state index is 0.287. The van der Waals surface area contributed by atoms with Gasteiger partial charge in [-0.3, -0.25) is 0 Å². The predicted octanol–water partition coefficient (Wildman–Crippen LogP) is 2.47. The monoisotopic (exact) mass is 267 g/mol. The standard InChI is InChI=1S/C14H19F2N3/c1-2-19(14-13(16)5-9(15)8-17-14)12-6-10-3-4-11(7-12)18-10/h5,8,10-12,18H,2-4,6-7H2,1H3. The summed E-state index contributed by atoms with van der Waals surface area (Å²) in [5.41, 5.74) is 0. The minimum Gasteiger partial charge on any atom is -0.351 e. The van der Waals surface area contributed by atoms with Crippen LogP contribution in [0.2, 0.25) is 0 Å². The van der Waals surface area contributed by atoms with Gasteiger partial charge in [0.15, 0.2) is 11.6 Å². The third-order valence-corrected chi connectivity index (χ3v) is 4.29. The van der Waals surface area contributed by atoms with Crippen molar-refractivity contribution in [2.24, 2.45) is 0 Å². The molecule has 3 heterocycles. The molecule has 2 bridgehead atoms. The number of nitrogens with one attached hydrogen (secondary N) is 1. The highest BCUT2D eigenvalue weighted by Gasteiger charge is 2.36. The lowest BCUT2D eigenvalue weighted by molar-refractivity contribution is 0.346. The summed E-state index contributed by atoms with van der Waals surface area (Å²) >= 11 is 0. The van der Waals surface area contributed by atoms with E-state index in [9.17, 15) is 8.78 Å². The van der Waals surface area contributed by atoms with E-state index in [0.717, 1.165) is 25.1 Å². The molecule has 2 fully saturated rings. The Morgan fingerprint density at radius 3 is 2.58 bits per heavy atom. The van der Waals surface area contributed by atoms with E-state index in [-0.39, 0.29) is 5.82 Å². The van der Waals surface area contributed by atoms with Gasteiger partial charge in [0.1, 0.15) is 5.82 Å². The van der Waals surface area contributed by atoms with Crippen molar-refractivity contribution in [1.82, 2.24) is 10.3 Å². The minimum atomic E-state index is -0.623. The van der Waals surface area contributed by atoms with Crippen molar-refractivity contribution in [3.63, 3.8) is 0 Å². The highest BCUT2D eigenvalue weighted by atomic mass is 19.1. The lowest BCUT2D eigenvalue weighted by Crippen LogP contribution is -2.48. The summed E-state index contributed by atoms with van der Waals surface area (Å²) in [4.78, 5) is 5.94. The van der Waals surface area contributed by atoms with E-state index >= 15 is 0 Å². The van der Waals surface area contributed by atoms with Crippen molar-refractivity contribution in [3.8, 4) is 0 Å². The Labute approximate surface area is 112 Å². The smallest absolute Gasteiger partial charge is 0.168 e. The molecule has 0 aliphatic carbocycles. The average Bonchev–Trinajstić information content (AvgIpc) is 2.72. The second-order valence-corrected chi connectivity index (χ2v) is 5.51. The number of rotatable bonds is 3. The summed E-state index contributed by atoms with van der Waals surface area (Å²) in [7, 11) is 0. The summed E-state index contributed by atoms with van der Waals surface area (Å²) in [5, 5.41) is 3.57. The van der Waals surface area contributed by atoms with Crippen LogP contribution >= 0.6 is 0 Å². The summed E-state index contributed by atoms with van der Waals surface area (Å²) in [6.07, 6.45) is 5.54. The molecule has 5 heteroatoms. The molecule has 0 spiro atoms. The summed E-state index contributed by atoms with van der Waals surface area (Å²) < 4.78 is 26.9.